The standard InChI is InChI=1S/C7H8N4O3S/c1-11-9-4-5(10-11)7(12)6(3-8)15(2,13)14/h4,6H,1-2H3. The molecule has 1 aromatic heterocycles. The maximum absolute atomic E-state index is 11.5. The lowest BCUT2D eigenvalue weighted by molar-refractivity contribution is 0.0995. The normalized spacial score (nSPS) is 13.1. The zero-order valence-electron chi connectivity index (χ0n) is 8.08. The summed E-state index contributed by atoms with van der Waals surface area (Å²) in [5.41, 5.74) is -0.130. The number of sulfone groups is 1. The fraction of sp³-hybridized carbons (Fsp3) is 0.429. The van der Waals surface area contributed by atoms with Gasteiger partial charge in [0.1, 0.15) is 0 Å². The van der Waals surface area contributed by atoms with E-state index in [-0.39, 0.29) is 5.69 Å². The minimum atomic E-state index is -3.74. The largest absolute Gasteiger partial charge is 0.290 e. The minimum absolute atomic E-state index is 0.130. The Labute approximate surface area is 86.2 Å². The zero-order chi connectivity index (χ0) is 11.6. The Morgan fingerprint density at radius 2 is 2.27 bits per heavy atom. The van der Waals surface area contributed by atoms with Crippen molar-refractivity contribution in [3.05, 3.63) is 11.9 Å². The van der Waals surface area contributed by atoms with E-state index in [1.807, 2.05) is 0 Å². The van der Waals surface area contributed by atoms with Crippen LogP contribution in [0.25, 0.3) is 0 Å². The highest BCUT2D eigenvalue weighted by Crippen LogP contribution is 2.06. The molecule has 1 aromatic rings. The van der Waals surface area contributed by atoms with Gasteiger partial charge in [0.05, 0.1) is 12.3 Å². The van der Waals surface area contributed by atoms with Gasteiger partial charge in [-0.15, -0.1) is 0 Å². The molecule has 0 aliphatic rings. The third kappa shape index (κ3) is 2.38. The molecule has 1 unspecified atom stereocenters. The van der Waals surface area contributed by atoms with Crippen molar-refractivity contribution in [2.24, 2.45) is 7.05 Å². The molecule has 1 atom stereocenters. The fourth-order valence-electron chi connectivity index (χ4n) is 0.942. The van der Waals surface area contributed by atoms with Crippen molar-refractivity contribution in [1.29, 1.82) is 5.26 Å². The van der Waals surface area contributed by atoms with Crippen molar-refractivity contribution in [2.45, 2.75) is 5.25 Å². The number of ketones is 1. The van der Waals surface area contributed by atoms with Crippen LogP contribution in [-0.2, 0) is 16.9 Å². The molecule has 0 amide bonds. The van der Waals surface area contributed by atoms with Gasteiger partial charge in [0.2, 0.25) is 11.0 Å². The van der Waals surface area contributed by atoms with Gasteiger partial charge in [-0.25, -0.2) is 8.42 Å². The summed E-state index contributed by atoms with van der Waals surface area (Å²) in [6, 6.07) is 1.43. The smallest absolute Gasteiger partial charge is 0.217 e. The molecule has 0 aliphatic carbocycles. The van der Waals surface area contributed by atoms with E-state index < -0.39 is 20.9 Å². The predicted octanol–water partition coefficient (Wildman–Crippen LogP) is -1.07. The number of hydrogen-bond acceptors (Lipinski definition) is 6. The first-order valence-corrected chi connectivity index (χ1v) is 5.80. The Morgan fingerprint density at radius 1 is 1.67 bits per heavy atom. The molecular formula is C7H8N4O3S. The van der Waals surface area contributed by atoms with E-state index in [9.17, 15) is 13.2 Å². The maximum Gasteiger partial charge on any atom is 0.217 e. The highest BCUT2D eigenvalue weighted by atomic mass is 32.2. The van der Waals surface area contributed by atoms with E-state index in [1.54, 1.807) is 0 Å². The molecule has 0 aromatic carbocycles. The lowest BCUT2D eigenvalue weighted by atomic mass is 10.2. The highest BCUT2D eigenvalue weighted by Gasteiger charge is 2.31. The molecule has 1 heterocycles. The van der Waals surface area contributed by atoms with Crippen molar-refractivity contribution in [3.8, 4) is 6.07 Å². The molecule has 7 nitrogen and oxygen atoms in total. The Balaban J connectivity index is 3.10. The zero-order valence-corrected chi connectivity index (χ0v) is 8.89. The van der Waals surface area contributed by atoms with Crippen molar-refractivity contribution in [1.82, 2.24) is 15.0 Å². The molecule has 1 rings (SSSR count). The summed E-state index contributed by atoms with van der Waals surface area (Å²) in [5.74, 6) is -0.854. The Bertz CT molecular complexity index is 525. The van der Waals surface area contributed by atoms with Crippen LogP contribution in [0.1, 0.15) is 10.5 Å². The monoisotopic (exact) mass is 228 g/mol. The Kier molecular flexibility index (Phi) is 2.85. The molecule has 80 valence electrons. The van der Waals surface area contributed by atoms with E-state index >= 15 is 0 Å². The molecule has 0 radical (unpaired) electrons. The quantitative estimate of drug-likeness (QED) is 0.610. The highest BCUT2D eigenvalue weighted by molar-refractivity contribution is 7.92. The SMILES string of the molecule is Cn1ncc(C(=O)C(C#N)S(C)(=O)=O)n1. The summed E-state index contributed by atoms with van der Waals surface area (Å²) >= 11 is 0. The Morgan fingerprint density at radius 3 is 2.60 bits per heavy atom. The number of nitriles is 1. The third-order valence-electron chi connectivity index (χ3n) is 1.64. The van der Waals surface area contributed by atoms with E-state index in [1.165, 1.54) is 13.1 Å². The van der Waals surface area contributed by atoms with Crippen molar-refractivity contribution in [2.75, 3.05) is 6.26 Å². The number of aromatic nitrogens is 3. The summed E-state index contributed by atoms with van der Waals surface area (Å²) in [6.45, 7) is 0. The van der Waals surface area contributed by atoms with Crippen LogP contribution in [0, 0.1) is 11.3 Å². The van der Waals surface area contributed by atoms with Gasteiger partial charge < -0.3 is 0 Å². The first-order valence-electron chi connectivity index (χ1n) is 3.85. The van der Waals surface area contributed by atoms with Crippen LogP contribution in [0.3, 0.4) is 0 Å². The van der Waals surface area contributed by atoms with Gasteiger partial charge in [0, 0.05) is 13.3 Å². The molecular weight excluding hydrogens is 220 g/mol. The third-order valence-corrected chi connectivity index (χ3v) is 2.81. The molecule has 0 aliphatic heterocycles. The van der Waals surface area contributed by atoms with Crippen LogP contribution < -0.4 is 0 Å². The van der Waals surface area contributed by atoms with Crippen molar-refractivity contribution < 1.29 is 13.2 Å². The number of carbonyl (C=O) groups excluding carboxylic acids is 1. The molecule has 0 bridgehead atoms. The molecule has 0 N–H and O–H groups in total. The van der Waals surface area contributed by atoms with E-state index in [4.69, 9.17) is 5.26 Å². The van der Waals surface area contributed by atoms with Gasteiger partial charge in [0.25, 0.3) is 0 Å². The number of hydrogen-bond donors (Lipinski definition) is 0. The molecule has 0 fully saturated rings. The first-order chi connectivity index (χ1) is 6.86. The number of carbonyl (C=O) groups is 1. The molecule has 0 spiro atoms. The molecule has 0 saturated heterocycles. The van der Waals surface area contributed by atoms with Crippen LogP contribution in [-0.4, -0.2) is 40.7 Å². The van der Waals surface area contributed by atoms with Crippen LogP contribution in [0.2, 0.25) is 0 Å². The molecule has 8 heteroatoms. The second-order valence-corrected chi connectivity index (χ2v) is 5.05. The lowest BCUT2D eigenvalue weighted by Crippen LogP contribution is -2.28. The average molecular weight is 228 g/mol. The lowest BCUT2D eigenvalue weighted by Gasteiger charge is -2.01. The predicted molar refractivity (Wildman–Crippen MR) is 49.6 cm³/mol. The van der Waals surface area contributed by atoms with Gasteiger partial charge in [-0.05, 0) is 0 Å². The fourth-order valence-corrected chi connectivity index (χ4v) is 1.64. The summed E-state index contributed by atoms with van der Waals surface area (Å²) in [6.07, 6.45) is 1.95. The summed E-state index contributed by atoms with van der Waals surface area (Å²) in [7, 11) is -2.26. The van der Waals surface area contributed by atoms with Gasteiger partial charge in [0.15, 0.2) is 15.5 Å². The Hall–Kier alpha value is -1.75. The number of rotatable bonds is 3. The van der Waals surface area contributed by atoms with E-state index in [2.05, 4.69) is 10.2 Å². The topological polar surface area (TPSA) is 106 Å². The minimum Gasteiger partial charge on any atom is -0.290 e. The van der Waals surface area contributed by atoms with Crippen LogP contribution in [0.4, 0.5) is 0 Å². The van der Waals surface area contributed by atoms with Crippen LogP contribution >= 0.6 is 0 Å². The maximum atomic E-state index is 11.5. The van der Waals surface area contributed by atoms with Gasteiger partial charge in [-0.1, -0.05) is 0 Å². The second-order valence-electron chi connectivity index (χ2n) is 2.92. The molecule has 15 heavy (non-hydrogen) atoms. The average Bonchev–Trinajstić information content (AvgIpc) is 2.50. The van der Waals surface area contributed by atoms with Gasteiger partial charge in [-0.2, -0.15) is 20.3 Å². The summed E-state index contributed by atoms with van der Waals surface area (Å²) < 4.78 is 22.2. The van der Waals surface area contributed by atoms with Crippen molar-refractivity contribution >= 4 is 15.6 Å². The van der Waals surface area contributed by atoms with Gasteiger partial charge >= 0.3 is 0 Å². The number of nitrogens with zero attached hydrogens (tertiary/aromatic N) is 4. The van der Waals surface area contributed by atoms with Crippen molar-refractivity contribution in [3.63, 3.8) is 0 Å². The first kappa shape index (κ1) is 11.3. The number of aryl methyl sites for hydroxylation is 1. The summed E-state index contributed by atoms with van der Waals surface area (Å²) in [4.78, 5) is 12.6. The van der Waals surface area contributed by atoms with E-state index in [0.29, 0.717) is 0 Å². The van der Waals surface area contributed by atoms with Crippen LogP contribution in [0.5, 0.6) is 0 Å². The van der Waals surface area contributed by atoms with Crippen LogP contribution in [0.15, 0.2) is 6.20 Å². The van der Waals surface area contributed by atoms with E-state index in [0.717, 1.165) is 17.2 Å². The second kappa shape index (κ2) is 3.78. The van der Waals surface area contributed by atoms with Gasteiger partial charge in [-0.3, -0.25) is 4.79 Å². The summed E-state index contributed by atoms with van der Waals surface area (Å²) in [5, 5.41) is 14.1. The molecule has 0 saturated carbocycles. The number of Topliss-reactive ketones (excluding diaryl/α,β-unsaturated/α-hetero) is 1.